The highest BCUT2D eigenvalue weighted by atomic mass is 31.1. The van der Waals surface area contributed by atoms with E-state index >= 15 is 0 Å². The highest BCUT2D eigenvalue weighted by Gasteiger charge is 2.52. The van der Waals surface area contributed by atoms with Crippen LogP contribution in [0.3, 0.4) is 0 Å². The van der Waals surface area contributed by atoms with Crippen LogP contribution in [0, 0.1) is 55.4 Å². The minimum absolute atomic E-state index is 0.456. The molecule has 59 heavy (non-hydrogen) atoms. The van der Waals surface area contributed by atoms with Crippen LogP contribution in [-0.4, -0.2) is 0 Å². The molecular formula is C57H50P2. The van der Waals surface area contributed by atoms with Gasteiger partial charge >= 0.3 is 0 Å². The number of rotatable bonds is 6. The second-order valence-corrected chi connectivity index (χ2v) is 21.8. The van der Waals surface area contributed by atoms with Crippen molar-refractivity contribution < 1.29 is 0 Å². The predicted octanol–water partition coefficient (Wildman–Crippen LogP) is 12.0. The van der Waals surface area contributed by atoms with Gasteiger partial charge in [0.25, 0.3) is 0 Å². The van der Waals surface area contributed by atoms with Gasteiger partial charge in [-0.3, -0.25) is 0 Å². The van der Waals surface area contributed by atoms with Crippen LogP contribution in [0.5, 0.6) is 0 Å². The maximum Gasteiger partial charge on any atom is 0.0726 e. The molecule has 0 heterocycles. The van der Waals surface area contributed by atoms with E-state index in [1.54, 1.807) is 0 Å². The Morgan fingerprint density at radius 2 is 0.525 bits per heavy atom. The van der Waals surface area contributed by atoms with Crippen LogP contribution in [-0.2, 0) is 5.41 Å². The van der Waals surface area contributed by atoms with Gasteiger partial charge in [0.05, 0.1) is 5.41 Å². The third-order valence-corrected chi connectivity index (χ3v) is 17.1. The van der Waals surface area contributed by atoms with Crippen molar-refractivity contribution in [2.24, 2.45) is 0 Å². The molecule has 0 saturated heterocycles. The lowest BCUT2D eigenvalue weighted by molar-refractivity contribution is 0.795. The van der Waals surface area contributed by atoms with E-state index in [2.05, 4.69) is 213 Å². The summed E-state index contributed by atoms with van der Waals surface area (Å²) in [5.74, 6) is 0. The van der Waals surface area contributed by atoms with E-state index in [9.17, 15) is 0 Å². The normalized spacial score (nSPS) is 13.2. The van der Waals surface area contributed by atoms with E-state index in [1.807, 2.05) is 0 Å². The molecule has 0 saturated carbocycles. The molecule has 0 nitrogen and oxygen atoms in total. The molecule has 2 aliphatic carbocycles. The lowest BCUT2D eigenvalue weighted by Gasteiger charge is -2.32. The van der Waals surface area contributed by atoms with Crippen LogP contribution in [0.1, 0.15) is 66.8 Å². The fourth-order valence-electron chi connectivity index (χ4n) is 10.6. The zero-order chi connectivity index (χ0) is 40.7. The summed E-state index contributed by atoms with van der Waals surface area (Å²) in [5.41, 5.74) is 21.0. The number of fused-ring (bicyclic) bond motifs is 10. The van der Waals surface area contributed by atoms with Crippen molar-refractivity contribution in [2.75, 3.05) is 0 Å². The minimum Gasteiger partial charge on any atom is -0.0619 e. The molecule has 0 bridgehead atoms. The van der Waals surface area contributed by atoms with Crippen LogP contribution < -0.4 is 31.8 Å². The Morgan fingerprint density at radius 3 is 0.831 bits per heavy atom. The first-order valence-electron chi connectivity index (χ1n) is 20.9. The first kappa shape index (κ1) is 37.9. The molecule has 0 radical (unpaired) electrons. The fourth-order valence-corrected chi connectivity index (χ4v) is 16.0. The molecule has 2 aliphatic rings. The molecule has 0 unspecified atom stereocenters. The van der Waals surface area contributed by atoms with Crippen molar-refractivity contribution >= 4 is 47.7 Å². The lowest BCUT2D eigenvalue weighted by Crippen LogP contribution is -2.29. The Morgan fingerprint density at radius 1 is 0.254 bits per heavy atom. The summed E-state index contributed by atoms with van der Waals surface area (Å²) in [7, 11) is -1.69. The maximum absolute atomic E-state index is 2.63. The molecule has 0 amide bonds. The molecule has 0 aromatic heterocycles. The number of benzene rings is 8. The van der Waals surface area contributed by atoms with E-state index in [0.717, 1.165) is 0 Å². The van der Waals surface area contributed by atoms with Crippen molar-refractivity contribution in [2.45, 2.75) is 60.8 Å². The molecule has 10 rings (SSSR count). The third-order valence-electron chi connectivity index (χ3n) is 12.4. The fraction of sp³-hybridized carbons (Fsp3) is 0.158. The van der Waals surface area contributed by atoms with Gasteiger partial charge in [-0.05, 0) is 160 Å². The highest BCUT2D eigenvalue weighted by molar-refractivity contribution is 7.80. The minimum atomic E-state index is -0.846. The molecule has 1 spiro atoms. The van der Waals surface area contributed by atoms with Gasteiger partial charge in [0, 0.05) is 0 Å². The van der Waals surface area contributed by atoms with Gasteiger partial charge in [-0.2, -0.15) is 0 Å². The first-order valence-corrected chi connectivity index (χ1v) is 23.6. The van der Waals surface area contributed by atoms with Gasteiger partial charge in [0.1, 0.15) is 0 Å². The van der Waals surface area contributed by atoms with Gasteiger partial charge in [-0.25, -0.2) is 0 Å². The summed E-state index contributed by atoms with van der Waals surface area (Å²) in [4.78, 5) is 0. The zero-order valence-corrected chi connectivity index (χ0v) is 37.2. The van der Waals surface area contributed by atoms with Crippen molar-refractivity contribution in [3.05, 3.63) is 224 Å². The molecule has 8 aromatic rings. The highest BCUT2D eigenvalue weighted by Crippen LogP contribution is 2.63. The Bertz CT molecular complexity index is 2610. The van der Waals surface area contributed by atoms with Gasteiger partial charge in [-0.15, -0.1) is 0 Å². The number of hydrogen-bond acceptors (Lipinski definition) is 0. The molecule has 8 aromatic carbocycles. The van der Waals surface area contributed by atoms with E-state index in [1.165, 1.54) is 121 Å². The standard InChI is InChI=1S/C57H50P2/c1-35-21-36(2)26-45(25-35)58(46-27-37(3)22-38(4)28-46)43-17-19-51-49-13-9-11-15-53(49)57(55(51)33-43)54-16-12-10-14-50(54)52-20-18-44(34-56(52)57)59(47-29-39(5)23-40(6)30-47)48-31-41(7)24-42(8)32-48/h9-34H,1-8H3. The van der Waals surface area contributed by atoms with Crippen LogP contribution in [0.2, 0.25) is 0 Å². The van der Waals surface area contributed by atoms with E-state index in [0.29, 0.717) is 0 Å². The average molecular weight is 797 g/mol. The van der Waals surface area contributed by atoms with E-state index < -0.39 is 21.3 Å². The molecule has 0 N–H and O–H groups in total. The molecule has 2 heteroatoms. The summed E-state index contributed by atoms with van der Waals surface area (Å²) in [6, 6.07) is 62.3. The van der Waals surface area contributed by atoms with Crippen LogP contribution in [0.4, 0.5) is 0 Å². The Labute approximate surface area is 353 Å². The third kappa shape index (κ3) is 6.27. The lowest BCUT2D eigenvalue weighted by atomic mass is 9.70. The smallest absolute Gasteiger partial charge is 0.0619 e. The maximum atomic E-state index is 2.63. The zero-order valence-electron chi connectivity index (χ0n) is 35.4. The quantitative estimate of drug-likeness (QED) is 0.147. The summed E-state index contributed by atoms with van der Waals surface area (Å²) in [5, 5.41) is 8.44. The monoisotopic (exact) mass is 796 g/mol. The molecule has 288 valence electrons. The van der Waals surface area contributed by atoms with E-state index in [4.69, 9.17) is 0 Å². The number of hydrogen-bond donors (Lipinski definition) is 0. The van der Waals surface area contributed by atoms with Gasteiger partial charge in [0.15, 0.2) is 0 Å². The summed E-state index contributed by atoms with van der Waals surface area (Å²) >= 11 is 0. The molecule has 0 fully saturated rings. The average Bonchev–Trinajstić information content (AvgIpc) is 3.63. The molecule has 0 atom stereocenters. The van der Waals surface area contributed by atoms with Crippen molar-refractivity contribution in [3.8, 4) is 22.3 Å². The Hall–Kier alpha value is -5.38. The van der Waals surface area contributed by atoms with Crippen molar-refractivity contribution in [1.29, 1.82) is 0 Å². The molecule has 0 aliphatic heterocycles. The first-order chi connectivity index (χ1) is 28.5. The summed E-state index contributed by atoms with van der Waals surface area (Å²) < 4.78 is 0. The van der Waals surface area contributed by atoms with Crippen LogP contribution >= 0.6 is 15.8 Å². The Kier molecular flexibility index (Phi) is 9.25. The van der Waals surface area contributed by atoms with Gasteiger partial charge in [0.2, 0.25) is 0 Å². The van der Waals surface area contributed by atoms with Crippen LogP contribution in [0.25, 0.3) is 22.3 Å². The largest absolute Gasteiger partial charge is 0.0726 e. The molecular weight excluding hydrogens is 747 g/mol. The van der Waals surface area contributed by atoms with E-state index in [-0.39, 0.29) is 0 Å². The summed E-state index contributed by atoms with van der Waals surface area (Å²) in [6.07, 6.45) is 0. The second kappa shape index (κ2) is 14.4. The predicted molar refractivity (Wildman–Crippen MR) is 258 cm³/mol. The van der Waals surface area contributed by atoms with Gasteiger partial charge in [-0.1, -0.05) is 190 Å². The van der Waals surface area contributed by atoms with Crippen LogP contribution in [0.15, 0.2) is 158 Å². The topological polar surface area (TPSA) is 0 Å². The SMILES string of the molecule is Cc1cc(C)cc(P(c2cc(C)cc(C)c2)c2ccc3c(c2)C2(c4ccccc4-3)c3ccccc3-c3ccc(P(c4cc(C)cc(C)c4)c4cc(C)cc(C)c4)cc32)c1. The van der Waals surface area contributed by atoms with Crippen molar-refractivity contribution in [3.63, 3.8) is 0 Å². The van der Waals surface area contributed by atoms with Crippen molar-refractivity contribution in [1.82, 2.24) is 0 Å². The second-order valence-electron chi connectivity index (χ2n) is 17.4. The summed E-state index contributed by atoms with van der Waals surface area (Å²) in [6.45, 7) is 18.0. The Balaban J connectivity index is 1.27. The number of aryl methyl sites for hydroxylation is 8. The van der Waals surface area contributed by atoms with Gasteiger partial charge < -0.3 is 0 Å².